The minimum atomic E-state index is -0.682. The Balaban J connectivity index is 1.83. The molecule has 5 nitrogen and oxygen atoms in total. The van der Waals surface area contributed by atoms with Crippen molar-refractivity contribution in [2.24, 2.45) is 0 Å². The lowest BCUT2D eigenvalue weighted by molar-refractivity contribution is -0.140. The highest BCUT2D eigenvalue weighted by atomic mass is 32.1. The maximum Gasteiger partial charge on any atom is 0.296 e. The number of aliphatic hydroxyl groups is 1. The van der Waals surface area contributed by atoms with E-state index < -0.39 is 17.7 Å². The molecule has 0 aliphatic carbocycles. The summed E-state index contributed by atoms with van der Waals surface area (Å²) in [7, 11) is 0. The molecule has 0 saturated carbocycles. The summed E-state index contributed by atoms with van der Waals surface area (Å²) in [5, 5.41) is 12.8. The van der Waals surface area contributed by atoms with Crippen LogP contribution in [0.4, 0.5) is 0 Å². The molecule has 27 heavy (non-hydrogen) atoms. The van der Waals surface area contributed by atoms with E-state index in [1.807, 2.05) is 36.6 Å². The maximum atomic E-state index is 12.8. The zero-order valence-electron chi connectivity index (χ0n) is 14.6. The average Bonchev–Trinajstić information content (AvgIpc) is 3.40. The molecule has 1 amide bonds. The first kappa shape index (κ1) is 17.3. The van der Waals surface area contributed by atoms with Gasteiger partial charge in [0.1, 0.15) is 17.6 Å². The number of Topliss-reactive ketones (excluding diaryl/α,β-unsaturated/α-hetero) is 1. The molecule has 1 aliphatic rings. The minimum absolute atomic E-state index is 0.109. The third-order valence-electron chi connectivity index (χ3n) is 4.58. The average molecular weight is 379 g/mol. The fourth-order valence-corrected chi connectivity index (χ4v) is 4.07. The minimum Gasteiger partial charge on any atom is -0.507 e. The Morgan fingerprint density at radius 2 is 1.93 bits per heavy atom. The molecule has 1 saturated heterocycles. The van der Waals surface area contributed by atoms with Gasteiger partial charge in [-0.1, -0.05) is 35.9 Å². The summed E-state index contributed by atoms with van der Waals surface area (Å²) in [6, 6.07) is 13.8. The summed E-state index contributed by atoms with van der Waals surface area (Å²) in [5.74, 6) is -0.904. The number of thiophene rings is 1. The molecule has 1 N–H and O–H groups in total. The first-order valence-corrected chi connectivity index (χ1v) is 9.35. The van der Waals surface area contributed by atoms with E-state index in [0.29, 0.717) is 11.3 Å². The smallest absolute Gasteiger partial charge is 0.296 e. The Hall–Kier alpha value is -3.12. The summed E-state index contributed by atoms with van der Waals surface area (Å²) < 4.78 is 5.36. The van der Waals surface area contributed by atoms with Crippen LogP contribution in [-0.2, 0) is 16.1 Å². The molecule has 136 valence electrons. The predicted molar refractivity (Wildman–Crippen MR) is 102 cm³/mol. The van der Waals surface area contributed by atoms with Crippen molar-refractivity contribution < 1.29 is 19.1 Å². The van der Waals surface area contributed by atoms with Crippen LogP contribution in [0.25, 0.3) is 5.76 Å². The standard InChI is InChI=1S/C21H17NO4S/c1-13-6-8-14(9-7-13)19(23)17-18(16-5-3-11-27-16)22(21(25)20(17)24)12-15-4-2-10-26-15/h2-11,18,23H,12H2,1H3/b19-17-. The van der Waals surface area contributed by atoms with Gasteiger partial charge in [0, 0.05) is 10.4 Å². The maximum absolute atomic E-state index is 12.8. The van der Waals surface area contributed by atoms with Gasteiger partial charge in [0.2, 0.25) is 0 Å². The van der Waals surface area contributed by atoms with Gasteiger partial charge < -0.3 is 14.4 Å². The third kappa shape index (κ3) is 3.08. The van der Waals surface area contributed by atoms with Crippen LogP contribution < -0.4 is 0 Å². The molecule has 0 radical (unpaired) electrons. The summed E-state index contributed by atoms with van der Waals surface area (Å²) in [6.45, 7) is 2.10. The number of hydrogen-bond donors (Lipinski definition) is 1. The number of furan rings is 1. The topological polar surface area (TPSA) is 70.8 Å². The molecule has 1 aromatic carbocycles. The summed E-state index contributed by atoms with van der Waals surface area (Å²) >= 11 is 1.44. The number of likely N-dealkylation sites (tertiary alicyclic amines) is 1. The van der Waals surface area contributed by atoms with Crippen molar-refractivity contribution in [3.8, 4) is 0 Å². The van der Waals surface area contributed by atoms with E-state index in [4.69, 9.17) is 4.42 Å². The number of benzene rings is 1. The first-order chi connectivity index (χ1) is 13.1. The van der Waals surface area contributed by atoms with E-state index in [2.05, 4.69) is 0 Å². The predicted octanol–water partition coefficient (Wildman–Crippen LogP) is 4.27. The molecule has 3 heterocycles. The highest BCUT2D eigenvalue weighted by Gasteiger charge is 2.46. The van der Waals surface area contributed by atoms with E-state index in [1.54, 1.807) is 24.3 Å². The van der Waals surface area contributed by atoms with Gasteiger partial charge in [-0.25, -0.2) is 0 Å². The molecule has 0 spiro atoms. The van der Waals surface area contributed by atoms with Crippen molar-refractivity contribution in [3.63, 3.8) is 0 Å². The molecule has 3 aromatic rings. The van der Waals surface area contributed by atoms with Crippen LogP contribution in [0, 0.1) is 6.92 Å². The van der Waals surface area contributed by atoms with Gasteiger partial charge in [-0.15, -0.1) is 11.3 Å². The Kier molecular flexibility index (Phi) is 4.41. The Labute approximate surface area is 160 Å². The number of amides is 1. The van der Waals surface area contributed by atoms with Crippen molar-refractivity contribution in [1.29, 1.82) is 0 Å². The van der Waals surface area contributed by atoms with Gasteiger partial charge >= 0.3 is 0 Å². The van der Waals surface area contributed by atoms with Crippen molar-refractivity contribution in [2.75, 3.05) is 0 Å². The molecule has 0 bridgehead atoms. The zero-order chi connectivity index (χ0) is 19.0. The molecule has 6 heteroatoms. The monoisotopic (exact) mass is 379 g/mol. The van der Waals surface area contributed by atoms with Crippen LogP contribution >= 0.6 is 11.3 Å². The van der Waals surface area contributed by atoms with Crippen LogP contribution in [0.2, 0.25) is 0 Å². The van der Waals surface area contributed by atoms with E-state index >= 15 is 0 Å². The number of aryl methyl sites for hydroxylation is 1. The number of nitrogens with zero attached hydrogens (tertiary/aromatic N) is 1. The van der Waals surface area contributed by atoms with Gasteiger partial charge in [-0.2, -0.15) is 0 Å². The van der Waals surface area contributed by atoms with Crippen molar-refractivity contribution >= 4 is 28.8 Å². The quantitative estimate of drug-likeness (QED) is 0.417. The second-order valence-corrected chi connectivity index (χ2v) is 7.37. The van der Waals surface area contributed by atoms with Crippen LogP contribution in [0.3, 0.4) is 0 Å². The summed E-state index contributed by atoms with van der Waals surface area (Å²) in [4.78, 5) is 27.8. The Morgan fingerprint density at radius 3 is 2.56 bits per heavy atom. The Bertz CT molecular complexity index is 1000. The number of carbonyl (C=O) groups is 2. The molecule has 1 unspecified atom stereocenters. The van der Waals surface area contributed by atoms with Crippen molar-refractivity contribution in [3.05, 3.63) is 87.5 Å². The number of aliphatic hydroxyl groups excluding tert-OH is 1. The highest BCUT2D eigenvalue weighted by Crippen LogP contribution is 2.41. The van der Waals surface area contributed by atoms with Crippen LogP contribution in [0.5, 0.6) is 0 Å². The van der Waals surface area contributed by atoms with Gasteiger partial charge in [-0.05, 0) is 30.5 Å². The second-order valence-electron chi connectivity index (χ2n) is 6.39. The number of hydrogen-bond acceptors (Lipinski definition) is 5. The fourth-order valence-electron chi connectivity index (χ4n) is 3.22. The number of rotatable bonds is 4. The Morgan fingerprint density at radius 1 is 1.15 bits per heavy atom. The zero-order valence-corrected chi connectivity index (χ0v) is 15.4. The molecule has 1 atom stereocenters. The normalized spacial score (nSPS) is 19.0. The largest absolute Gasteiger partial charge is 0.507 e. The van der Waals surface area contributed by atoms with E-state index in [9.17, 15) is 14.7 Å². The lowest BCUT2D eigenvalue weighted by Gasteiger charge is -2.23. The van der Waals surface area contributed by atoms with E-state index in [-0.39, 0.29) is 17.9 Å². The number of carbonyl (C=O) groups excluding carboxylic acids is 2. The van der Waals surface area contributed by atoms with Crippen LogP contribution in [0.1, 0.15) is 27.8 Å². The lowest BCUT2D eigenvalue weighted by Crippen LogP contribution is -2.28. The molecule has 2 aromatic heterocycles. The van der Waals surface area contributed by atoms with E-state index in [0.717, 1.165) is 10.4 Å². The highest BCUT2D eigenvalue weighted by molar-refractivity contribution is 7.10. The third-order valence-corrected chi connectivity index (χ3v) is 5.51. The van der Waals surface area contributed by atoms with Gasteiger partial charge in [0.25, 0.3) is 11.7 Å². The van der Waals surface area contributed by atoms with Crippen LogP contribution in [0.15, 0.2) is 70.2 Å². The molecular weight excluding hydrogens is 362 g/mol. The second kappa shape index (κ2) is 6.89. The van der Waals surface area contributed by atoms with Gasteiger partial charge in [-0.3, -0.25) is 9.59 Å². The molecule has 1 fully saturated rings. The van der Waals surface area contributed by atoms with Gasteiger partial charge in [0.15, 0.2) is 0 Å². The lowest BCUT2D eigenvalue weighted by atomic mass is 9.99. The fraction of sp³-hybridized carbons (Fsp3) is 0.143. The van der Waals surface area contributed by atoms with Crippen molar-refractivity contribution in [2.45, 2.75) is 19.5 Å². The van der Waals surface area contributed by atoms with E-state index in [1.165, 1.54) is 22.5 Å². The SMILES string of the molecule is Cc1ccc(/C(O)=C2/C(=O)C(=O)N(Cc3ccco3)C2c2cccs2)cc1. The molecule has 1 aliphatic heterocycles. The van der Waals surface area contributed by atoms with Crippen molar-refractivity contribution in [1.82, 2.24) is 4.90 Å². The molecule has 4 rings (SSSR count). The van der Waals surface area contributed by atoms with Gasteiger partial charge in [0.05, 0.1) is 18.4 Å². The summed E-state index contributed by atoms with van der Waals surface area (Å²) in [6.07, 6.45) is 1.53. The van der Waals surface area contributed by atoms with Crippen LogP contribution in [-0.4, -0.2) is 21.7 Å². The molecular formula is C21H17NO4S. The summed E-state index contributed by atoms with van der Waals surface area (Å²) in [5.41, 5.74) is 1.66. The first-order valence-electron chi connectivity index (χ1n) is 8.47. The number of ketones is 1.